The summed E-state index contributed by atoms with van der Waals surface area (Å²) in [5, 5.41) is 6.90. The summed E-state index contributed by atoms with van der Waals surface area (Å²) >= 11 is 0. The lowest BCUT2D eigenvalue weighted by Gasteiger charge is -2.02. The lowest BCUT2D eigenvalue weighted by Crippen LogP contribution is -2.13. The predicted molar refractivity (Wildman–Crippen MR) is 56.0 cm³/mol. The van der Waals surface area contributed by atoms with Crippen molar-refractivity contribution in [2.75, 3.05) is 0 Å². The highest BCUT2D eigenvalue weighted by molar-refractivity contribution is 5.10. The molecule has 0 aliphatic carbocycles. The van der Waals surface area contributed by atoms with Crippen LogP contribution in [0, 0.1) is 6.92 Å². The Hall–Kier alpha value is -1.68. The summed E-state index contributed by atoms with van der Waals surface area (Å²) in [6.45, 7) is 3.50. The van der Waals surface area contributed by atoms with Crippen LogP contribution in [-0.2, 0) is 13.1 Å². The Morgan fingerprint density at radius 2 is 2.27 bits per heavy atom. The third-order valence-electron chi connectivity index (χ3n) is 2.06. The maximum absolute atomic E-state index is 4.73. The molecule has 0 aromatic carbocycles. The minimum Gasteiger partial charge on any atom is -0.364 e. The monoisotopic (exact) mass is 203 g/mol. The second-order valence-corrected chi connectivity index (χ2v) is 3.41. The molecule has 0 saturated heterocycles. The minimum absolute atomic E-state index is 0.749. The minimum atomic E-state index is 0.749. The van der Waals surface area contributed by atoms with Gasteiger partial charge in [-0.3, -0.25) is 4.98 Å². The van der Waals surface area contributed by atoms with Crippen LogP contribution >= 0.6 is 0 Å². The van der Waals surface area contributed by atoms with Gasteiger partial charge >= 0.3 is 0 Å². The fourth-order valence-electron chi connectivity index (χ4n) is 1.35. The summed E-state index contributed by atoms with van der Waals surface area (Å²) in [6.07, 6.45) is 3.34. The van der Waals surface area contributed by atoms with Gasteiger partial charge in [0.25, 0.3) is 0 Å². The fraction of sp³-hybridized carbons (Fsp3) is 0.273. The SMILES string of the molecule is Cc1cccc(CNCc2cnoc2)n1. The molecule has 0 amide bonds. The van der Waals surface area contributed by atoms with Crippen LogP contribution in [0.3, 0.4) is 0 Å². The molecule has 78 valence electrons. The van der Waals surface area contributed by atoms with Crippen molar-refractivity contribution in [1.29, 1.82) is 0 Å². The first-order valence-corrected chi connectivity index (χ1v) is 4.86. The maximum atomic E-state index is 4.73. The van der Waals surface area contributed by atoms with Crippen LogP contribution < -0.4 is 5.32 Å². The largest absolute Gasteiger partial charge is 0.364 e. The second-order valence-electron chi connectivity index (χ2n) is 3.41. The van der Waals surface area contributed by atoms with Crippen molar-refractivity contribution in [3.63, 3.8) is 0 Å². The van der Waals surface area contributed by atoms with Crippen LogP contribution in [-0.4, -0.2) is 10.1 Å². The summed E-state index contributed by atoms with van der Waals surface area (Å²) in [6, 6.07) is 6.01. The highest BCUT2D eigenvalue weighted by atomic mass is 16.5. The van der Waals surface area contributed by atoms with E-state index in [1.807, 2.05) is 25.1 Å². The highest BCUT2D eigenvalue weighted by Crippen LogP contribution is 1.99. The van der Waals surface area contributed by atoms with Crippen LogP contribution in [0.2, 0.25) is 0 Å². The molecule has 0 atom stereocenters. The number of nitrogens with one attached hydrogen (secondary N) is 1. The van der Waals surface area contributed by atoms with E-state index in [1.165, 1.54) is 0 Å². The Morgan fingerprint density at radius 3 is 3.00 bits per heavy atom. The van der Waals surface area contributed by atoms with Crippen LogP contribution in [0.25, 0.3) is 0 Å². The Morgan fingerprint density at radius 1 is 1.33 bits per heavy atom. The lowest BCUT2D eigenvalue weighted by molar-refractivity contribution is 0.418. The molecule has 0 aliphatic rings. The summed E-state index contributed by atoms with van der Waals surface area (Å²) in [7, 11) is 0. The average Bonchev–Trinajstić information content (AvgIpc) is 2.71. The van der Waals surface area contributed by atoms with Crippen LogP contribution in [0.4, 0.5) is 0 Å². The summed E-state index contributed by atoms with van der Waals surface area (Å²) in [5.41, 5.74) is 3.13. The topological polar surface area (TPSA) is 51.0 Å². The molecule has 0 spiro atoms. The molecule has 0 radical (unpaired) electrons. The first-order valence-electron chi connectivity index (χ1n) is 4.86. The van der Waals surface area contributed by atoms with Crippen molar-refractivity contribution in [3.8, 4) is 0 Å². The number of aryl methyl sites for hydroxylation is 1. The molecule has 2 aromatic heterocycles. The van der Waals surface area contributed by atoms with E-state index in [0.717, 1.165) is 30.0 Å². The summed E-state index contributed by atoms with van der Waals surface area (Å²) in [5.74, 6) is 0. The van der Waals surface area contributed by atoms with Gasteiger partial charge in [0.15, 0.2) is 0 Å². The van der Waals surface area contributed by atoms with E-state index >= 15 is 0 Å². The second kappa shape index (κ2) is 4.70. The zero-order chi connectivity index (χ0) is 10.5. The van der Waals surface area contributed by atoms with E-state index in [4.69, 9.17) is 4.52 Å². The van der Waals surface area contributed by atoms with Crippen LogP contribution in [0.1, 0.15) is 17.0 Å². The molecule has 2 aromatic rings. The zero-order valence-electron chi connectivity index (χ0n) is 8.60. The quantitative estimate of drug-likeness (QED) is 0.821. The van der Waals surface area contributed by atoms with Crippen molar-refractivity contribution >= 4 is 0 Å². The molecule has 0 fully saturated rings. The molecule has 4 nitrogen and oxygen atoms in total. The number of aromatic nitrogens is 2. The van der Waals surface area contributed by atoms with E-state index in [0.29, 0.717) is 0 Å². The maximum Gasteiger partial charge on any atom is 0.128 e. The number of rotatable bonds is 4. The Balaban J connectivity index is 1.83. The smallest absolute Gasteiger partial charge is 0.128 e. The normalized spacial score (nSPS) is 10.5. The molecule has 2 heterocycles. The van der Waals surface area contributed by atoms with E-state index < -0.39 is 0 Å². The Kier molecular flexibility index (Phi) is 3.09. The number of hydrogen-bond donors (Lipinski definition) is 1. The number of pyridine rings is 1. The van der Waals surface area contributed by atoms with Crippen LogP contribution in [0.5, 0.6) is 0 Å². The van der Waals surface area contributed by atoms with Crippen molar-refractivity contribution in [2.24, 2.45) is 0 Å². The van der Waals surface area contributed by atoms with E-state index in [-0.39, 0.29) is 0 Å². The van der Waals surface area contributed by atoms with Gasteiger partial charge in [-0.1, -0.05) is 11.2 Å². The van der Waals surface area contributed by atoms with Crippen molar-refractivity contribution in [1.82, 2.24) is 15.5 Å². The average molecular weight is 203 g/mol. The van der Waals surface area contributed by atoms with Crippen molar-refractivity contribution < 1.29 is 4.52 Å². The van der Waals surface area contributed by atoms with E-state index in [1.54, 1.807) is 12.5 Å². The van der Waals surface area contributed by atoms with Gasteiger partial charge in [-0.05, 0) is 19.1 Å². The van der Waals surface area contributed by atoms with Crippen molar-refractivity contribution in [3.05, 3.63) is 47.6 Å². The third-order valence-corrected chi connectivity index (χ3v) is 2.06. The number of hydrogen-bond acceptors (Lipinski definition) is 4. The summed E-state index contributed by atoms with van der Waals surface area (Å²) < 4.78 is 4.73. The molecule has 4 heteroatoms. The highest BCUT2D eigenvalue weighted by Gasteiger charge is 1.97. The molecular weight excluding hydrogens is 190 g/mol. The number of nitrogens with zero attached hydrogens (tertiary/aromatic N) is 2. The first-order chi connectivity index (χ1) is 7.34. The molecule has 1 N–H and O–H groups in total. The molecule has 15 heavy (non-hydrogen) atoms. The van der Waals surface area contributed by atoms with Crippen LogP contribution in [0.15, 0.2) is 35.2 Å². The Labute approximate surface area is 88.3 Å². The third kappa shape index (κ3) is 2.89. The molecule has 0 saturated carbocycles. The molecular formula is C11H13N3O. The van der Waals surface area contributed by atoms with Gasteiger partial charge in [0, 0.05) is 24.3 Å². The summed E-state index contributed by atoms with van der Waals surface area (Å²) in [4.78, 5) is 4.39. The first kappa shape index (κ1) is 9.86. The molecule has 0 unspecified atom stereocenters. The lowest BCUT2D eigenvalue weighted by atomic mass is 10.3. The van der Waals surface area contributed by atoms with Gasteiger partial charge in [0.1, 0.15) is 6.26 Å². The molecule has 0 aliphatic heterocycles. The van der Waals surface area contributed by atoms with Gasteiger partial charge in [0.05, 0.1) is 11.9 Å². The van der Waals surface area contributed by atoms with Gasteiger partial charge in [-0.25, -0.2) is 0 Å². The standard InChI is InChI=1S/C11H13N3O/c1-9-3-2-4-11(14-9)7-12-5-10-6-13-15-8-10/h2-4,6,8,12H,5,7H2,1H3. The van der Waals surface area contributed by atoms with Gasteiger partial charge in [-0.15, -0.1) is 0 Å². The fourth-order valence-corrected chi connectivity index (χ4v) is 1.35. The molecule has 2 rings (SSSR count). The van der Waals surface area contributed by atoms with E-state index in [9.17, 15) is 0 Å². The molecule has 0 bridgehead atoms. The van der Waals surface area contributed by atoms with E-state index in [2.05, 4.69) is 15.5 Å². The van der Waals surface area contributed by atoms with Gasteiger partial charge < -0.3 is 9.84 Å². The van der Waals surface area contributed by atoms with Gasteiger partial charge in [-0.2, -0.15) is 0 Å². The zero-order valence-corrected chi connectivity index (χ0v) is 8.60. The predicted octanol–water partition coefficient (Wildman–Crippen LogP) is 1.67. The van der Waals surface area contributed by atoms with Crippen molar-refractivity contribution in [2.45, 2.75) is 20.0 Å². The van der Waals surface area contributed by atoms with Gasteiger partial charge in [0.2, 0.25) is 0 Å². The Bertz CT molecular complexity index is 412.